The van der Waals surface area contributed by atoms with Crippen molar-refractivity contribution in [3.8, 4) is 39.6 Å². The average Bonchev–Trinajstić information content (AvgIpc) is 3.70. The van der Waals surface area contributed by atoms with Crippen molar-refractivity contribution in [1.29, 1.82) is 0 Å². The lowest BCUT2D eigenvalue weighted by Gasteiger charge is -2.27. The molecule has 1 fully saturated rings. The van der Waals surface area contributed by atoms with Crippen LogP contribution in [0.15, 0.2) is 54.6 Å². The van der Waals surface area contributed by atoms with Gasteiger partial charge in [0, 0.05) is 25.6 Å². The maximum Gasteiger partial charge on any atom is 0.435 e. The van der Waals surface area contributed by atoms with Crippen LogP contribution in [0, 0.1) is 0 Å². The second kappa shape index (κ2) is 18.3. The second-order valence-corrected chi connectivity index (χ2v) is 14.1. The van der Waals surface area contributed by atoms with E-state index < -0.39 is 64.1 Å². The molecule has 4 aromatic rings. The van der Waals surface area contributed by atoms with Crippen molar-refractivity contribution in [3.63, 3.8) is 0 Å². The van der Waals surface area contributed by atoms with Crippen molar-refractivity contribution >= 4 is 35.2 Å². The van der Waals surface area contributed by atoms with Crippen molar-refractivity contribution in [1.82, 2.24) is 20.0 Å². The number of carbonyl (C=O) groups excluding carboxylic acids is 4. The number of phenolic OH excluding ortho intramolecular Hbond substituents is 1. The number of imide groups is 2. The molecule has 6 rings (SSSR count). The second-order valence-electron chi connectivity index (χ2n) is 13.7. The first-order valence-electron chi connectivity index (χ1n) is 18.6. The molecule has 3 heterocycles. The van der Waals surface area contributed by atoms with Crippen LogP contribution in [0.3, 0.4) is 0 Å². The Balaban J connectivity index is 0.949. The normalized spacial score (nSPS) is 15.7. The molecule has 1 saturated heterocycles. The zero-order valence-electron chi connectivity index (χ0n) is 31.8. The largest absolute Gasteiger partial charge is 0.506 e. The van der Waals surface area contributed by atoms with Gasteiger partial charge in [-0.2, -0.15) is 31.4 Å². The van der Waals surface area contributed by atoms with Crippen LogP contribution in [0.4, 0.5) is 26.3 Å². The van der Waals surface area contributed by atoms with Gasteiger partial charge < -0.3 is 24.1 Å². The molecular formula is C40H37ClF6N4O9. The summed E-state index contributed by atoms with van der Waals surface area (Å²) >= 11 is 5.82. The number of piperidine rings is 1. The number of unbranched alkanes of at least 4 members (excludes halogenated alkanes) is 2. The van der Waals surface area contributed by atoms with E-state index in [2.05, 4.69) is 10.4 Å². The number of phenols is 1. The number of fused-ring (bicyclic) bond motifs is 1. The minimum Gasteiger partial charge on any atom is -0.506 e. The van der Waals surface area contributed by atoms with E-state index in [0.717, 1.165) is 27.8 Å². The average molecular weight is 867 g/mol. The number of halogens is 7. The molecule has 0 radical (unpaired) electrons. The van der Waals surface area contributed by atoms with Gasteiger partial charge in [-0.1, -0.05) is 23.7 Å². The molecule has 1 atom stereocenters. The third kappa shape index (κ3) is 9.69. The van der Waals surface area contributed by atoms with Gasteiger partial charge in [-0.05, 0) is 73.7 Å². The van der Waals surface area contributed by atoms with Crippen LogP contribution >= 0.6 is 11.6 Å². The van der Waals surface area contributed by atoms with E-state index in [-0.39, 0.29) is 90.9 Å². The first-order chi connectivity index (χ1) is 28.5. The highest BCUT2D eigenvalue weighted by Gasteiger charge is 2.46. The molecule has 20 heteroatoms. The lowest BCUT2D eigenvalue weighted by Crippen LogP contribution is -2.54. The zero-order valence-corrected chi connectivity index (χ0v) is 32.5. The van der Waals surface area contributed by atoms with Crippen molar-refractivity contribution in [2.75, 3.05) is 39.6 Å². The Morgan fingerprint density at radius 1 is 0.783 bits per heavy atom. The highest BCUT2D eigenvalue weighted by molar-refractivity contribution is 6.31. The fraction of sp³-hybridized carbons (Fsp3) is 0.375. The highest BCUT2D eigenvalue weighted by atomic mass is 35.5. The summed E-state index contributed by atoms with van der Waals surface area (Å²) < 4.78 is 105. The summed E-state index contributed by atoms with van der Waals surface area (Å²) in [6, 6.07) is 9.78. The molecular weight excluding hydrogens is 830 g/mol. The monoisotopic (exact) mass is 866 g/mol. The number of nitrogens with zero attached hydrogens (tertiary/aromatic N) is 3. The lowest BCUT2D eigenvalue weighted by atomic mass is 9.97. The van der Waals surface area contributed by atoms with Gasteiger partial charge in [-0.15, -0.1) is 0 Å². The van der Waals surface area contributed by atoms with Gasteiger partial charge >= 0.3 is 12.4 Å². The van der Waals surface area contributed by atoms with Gasteiger partial charge in [0.1, 0.15) is 29.9 Å². The number of aromatic hydroxyl groups is 1. The molecule has 1 unspecified atom stereocenters. The lowest BCUT2D eigenvalue weighted by molar-refractivity contribution is -0.141. The summed E-state index contributed by atoms with van der Waals surface area (Å²) in [4.78, 5) is 50.9. The third-order valence-corrected chi connectivity index (χ3v) is 9.95. The molecule has 13 nitrogen and oxygen atoms in total. The van der Waals surface area contributed by atoms with Crippen molar-refractivity contribution in [2.45, 2.75) is 50.5 Å². The van der Waals surface area contributed by atoms with Crippen molar-refractivity contribution < 1.29 is 69.6 Å². The van der Waals surface area contributed by atoms with Crippen LogP contribution in [0.2, 0.25) is 5.02 Å². The van der Waals surface area contributed by atoms with Crippen molar-refractivity contribution in [2.24, 2.45) is 7.05 Å². The van der Waals surface area contributed by atoms with Gasteiger partial charge in [0.15, 0.2) is 5.69 Å². The number of hydrogen-bond donors (Lipinski definition) is 2. The Labute approximate surface area is 343 Å². The Morgan fingerprint density at radius 2 is 1.47 bits per heavy atom. The molecule has 2 aliphatic rings. The smallest absolute Gasteiger partial charge is 0.435 e. The Kier molecular flexibility index (Phi) is 13.4. The number of benzene rings is 3. The Bertz CT molecular complexity index is 2280. The van der Waals surface area contributed by atoms with Crippen LogP contribution in [0.5, 0.6) is 17.2 Å². The quantitative estimate of drug-likeness (QED) is 0.0631. The molecule has 0 bridgehead atoms. The maximum absolute atomic E-state index is 13.8. The summed E-state index contributed by atoms with van der Waals surface area (Å²) in [7, 11) is 1.24. The SMILES string of the molecule is Cn1nc(C(F)(F)F)cc1-c1ccc(OCCCCCOCCOCCOc2cccc3c2C(=O)N(C2CCC(=O)NC2=O)C3=O)c(-c2ccc(Cl)c(C(F)(F)F)c2)c1O. The summed E-state index contributed by atoms with van der Waals surface area (Å²) in [5, 5.41) is 16.4. The number of hydrogen-bond acceptors (Lipinski definition) is 10. The van der Waals surface area contributed by atoms with Gasteiger partial charge in [0.25, 0.3) is 11.8 Å². The Morgan fingerprint density at radius 3 is 2.17 bits per heavy atom. The minimum atomic E-state index is -4.84. The zero-order chi connectivity index (χ0) is 43.4. The minimum absolute atomic E-state index is 0.000573. The first kappa shape index (κ1) is 43.9. The molecule has 0 saturated carbocycles. The number of carbonyl (C=O) groups is 4. The van der Waals surface area contributed by atoms with E-state index in [1.165, 1.54) is 37.4 Å². The van der Waals surface area contributed by atoms with Gasteiger partial charge in [0.2, 0.25) is 11.8 Å². The fourth-order valence-corrected chi connectivity index (χ4v) is 6.96. The fourth-order valence-electron chi connectivity index (χ4n) is 6.74. The number of nitrogens with one attached hydrogen (secondary N) is 1. The summed E-state index contributed by atoms with van der Waals surface area (Å²) in [6.07, 6.45) is -7.88. The van der Waals surface area contributed by atoms with E-state index in [9.17, 15) is 50.6 Å². The molecule has 2 aliphatic heterocycles. The third-order valence-electron chi connectivity index (χ3n) is 9.62. The van der Waals surface area contributed by atoms with Gasteiger partial charge in [0.05, 0.1) is 59.4 Å². The number of alkyl halides is 6. The first-order valence-corrected chi connectivity index (χ1v) is 19.0. The molecule has 60 heavy (non-hydrogen) atoms. The number of amides is 4. The highest BCUT2D eigenvalue weighted by Crippen LogP contribution is 2.47. The topological polar surface area (TPSA) is 159 Å². The molecule has 0 spiro atoms. The van der Waals surface area contributed by atoms with Gasteiger partial charge in [-0.25, -0.2) is 0 Å². The number of rotatable bonds is 17. The summed E-state index contributed by atoms with van der Waals surface area (Å²) in [5.74, 6) is -2.98. The van der Waals surface area contributed by atoms with Crippen LogP contribution < -0.4 is 14.8 Å². The molecule has 320 valence electrons. The number of aromatic nitrogens is 2. The van der Waals surface area contributed by atoms with E-state index >= 15 is 0 Å². The Hall–Kier alpha value is -5.66. The van der Waals surface area contributed by atoms with Crippen LogP contribution in [-0.2, 0) is 38.5 Å². The van der Waals surface area contributed by atoms with Crippen molar-refractivity contribution in [3.05, 3.63) is 82.0 Å². The summed E-state index contributed by atoms with van der Waals surface area (Å²) in [5.41, 5.74) is -2.82. The van der Waals surface area contributed by atoms with Crippen LogP contribution in [0.25, 0.3) is 22.4 Å². The molecule has 3 aromatic carbocycles. The standard InChI is InChI=1S/C40H37ClF6N4O9/c1-50-28(21-31(49-50)40(45,46)47)23-9-12-30(33(35(23)53)22-8-10-26(41)25(20-22)39(42,43)44)59-15-4-2-3-14-57-16-17-58-18-19-60-29-7-5-6-24-34(29)38(56)51(37(24)55)27-11-13-32(52)48-36(27)54/h5-10,12,20-21,27,53H,2-4,11,13-19H2,1H3,(H,48,52,54). The molecule has 0 aliphatic carbocycles. The van der Waals surface area contributed by atoms with E-state index in [1.54, 1.807) is 6.07 Å². The van der Waals surface area contributed by atoms with Crippen LogP contribution in [0.1, 0.15) is 64.1 Å². The molecule has 2 N–H and O–H groups in total. The van der Waals surface area contributed by atoms with Crippen LogP contribution in [-0.4, -0.2) is 89.1 Å². The van der Waals surface area contributed by atoms with E-state index in [0.29, 0.717) is 25.9 Å². The van der Waals surface area contributed by atoms with E-state index in [1.807, 2.05) is 0 Å². The predicted octanol–water partition coefficient (Wildman–Crippen LogP) is 7.21. The predicted molar refractivity (Wildman–Crippen MR) is 200 cm³/mol. The summed E-state index contributed by atoms with van der Waals surface area (Å²) in [6.45, 7) is 1.10. The van der Waals surface area contributed by atoms with Gasteiger partial charge in [-0.3, -0.25) is 34.1 Å². The number of ether oxygens (including phenoxy) is 4. The molecule has 1 aromatic heterocycles. The maximum atomic E-state index is 13.8. The van der Waals surface area contributed by atoms with E-state index in [4.69, 9.17) is 30.5 Å². The molecule has 4 amide bonds. The number of aryl methyl sites for hydroxylation is 1.